The molecule has 0 spiro atoms. The van der Waals surface area contributed by atoms with Crippen LogP contribution in [0.3, 0.4) is 0 Å². The van der Waals surface area contributed by atoms with Gasteiger partial charge in [-0.05, 0) is 36.6 Å². The Morgan fingerprint density at radius 1 is 1.47 bits per heavy atom. The van der Waals surface area contributed by atoms with Crippen molar-refractivity contribution in [2.24, 2.45) is 5.92 Å². The molecule has 2 nitrogen and oxygen atoms in total. The van der Waals surface area contributed by atoms with E-state index in [0.717, 1.165) is 29.7 Å². The van der Waals surface area contributed by atoms with Crippen LogP contribution in [0.2, 0.25) is 5.02 Å². The van der Waals surface area contributed by atoms with Crippen LogP contribution in [-0.4, -0.2) is 13.7 Å². The number of hydrogen-bond donors (Lipinski definition) is 1. The van der Waals surface area contributed by atoms with E-state index in [9.17, 15) is 0 Å². The van der Waals surface area contributed by atoms with E-state index < -0.39 is 0 Å². The monoisotopic (exact) mass is 225 g/mol. The second-order valence-corrected chi connectivity index (χ2v) is 4.60. The molecule has 15 heavy (non-hydrogen) atoms. The highest BCUT2D eigenvalue weighted by atomic mass is 35.5. The van der Waals surface area contributed by atoms with Crippen LogP contribution in [0.25, 0.3) is 0 Å². The van der Waals surface area contributed by atoms with Crippen LogP contribution >= 0.6 is 11.6 Å². The summed E-state index contributed by atoms with van der Waals surface area (Å²) in [5.41, 5.74) is 1.18. The molecule has 0 aromatic heterocycles. The fraction of sp³-hybridized carbons (Fsp3) is 0.500. The summed E-state index contributed by atoms with van der Waals surface area (Å²) in [4.78, 5) is 0. The van der Waals surface area contributed by atoms with Gasteiger partial charge in [-0.2, -0.15) is 0 Å². The first kappa shape index (κ1) is 10.8. The number of halogens is 1. The number of benzene rings is 1. The lowest BCUT2D eigenvalue weighted by molar-refractivity contribution is 0.414. The molecule has 0 aliphatic carbocycles. The fourth-order valence-corrected chi connectivity index (χ4v) is 2.37. The van der Waals surface area contributed by atoms with Gasteiger partial charge in [0.25, 0.3) is 0 Å². The zero-order chi connectivity index (χ0) is 10.8. The molecule has 2 rings (SSSR count). The molecule has 1 N–H and O–H groups in total. The van der Waals surface area contributed by atoms with E-state index in [0.29, 0.717) is 6.04 Å². The van der Waals surface area contributed by atoms with Crippen molar-refractivity contribution in [3.63, 3.8) is 0 Å². The van der Waals surface area contributed by atoms with Gasteiger partial charge in [0.2, 0.25) is 0 Å². The third-order valence-electron chi connectivity index (χ3n) is 2.93. The van der Waals surface area contributed by atoms with Crippen LogP contribution in [0.1, 0.15) is 24.9 Å². The van der Waals surface area contributed by atoms with Crippen molar-refractivity contribution < 1.29 is 4.74 Å². The second-order valence-electron chi connectivity index (χ2n) is 4.19. The summed E-state index contributed by atoms with van der Waals surface area (Å²) >= 11 is 6.22. The Balaban J connectivity index is 2.21. The van der Waals surface area contributed by atoms with Gasteiger partial charge in [0, 0.05) is 11.1 Å². The summed E-state index contributed by atoms with van der Waals surface area (Å²) in [6.07, 6.45) is 1.16. The van der Waals surface area contributed by atoms with Crippen molar-refractivity contribution in [2.45, 2.75) is 19.4 Å². The molecule has 1 aliphatic rings. The number of nitrogens with one attached hydrogen (secondary N) is 1. The molecule has 1 saturated heterocycles. The standard InChI is InChI=1S/C12H16ClNO/c1-8-5-12(14-7-8)10-4-3-9(15-2)6-11(10)13/h3-4,6,8,12,14H,5,7H2,1-2H3/t8-,12-/m0/s1. The molecule has 0 bridgehead atoms. The number of methoxy groups -OCH3 is 1. The highest BCUT2D eigenvalue weighted by Gasteiger charge is 2.23. The lowest BCUT2D eigenvalue weighted by Gasteiger charge is -2.13. The minimum Gasteiger partial charge on any atom is -0.497 e. The first-order chi connectivity index (χ1) is 7.20. The van der Waals surface area contributed by atoms with E-state index in [4.69, 9.17) is 16.3 Å². The predicted molar refractivity (Wildman–Crippen MR) is 62.5 cm³/mol. The molecule has 2 atom stereocenters. The van der Waals surface area contributed by atoms with Gasteiger partial charge in [-0.1, -0.05) is 24.6 Å². The van der Waals surface area contributed by atoms with Crippen molar-refractivity contribution in [3.8, 4) is 5.75 Å². The van der Waals surface area contributed by atoms with Gasteiger partial charge >= 0.3 is 0 Å². The van der Waals surface area contributed by atoms with Crippen molar-refractivity contribution in [1.29, 1.82) is 0 Å². The SMILES string of the molecule is COc1ccc([C@@H]2C[C@H](C)CN2)c(Cl)c1. The number of rotatable bonds is 2. The molecule has 1 heterocycles. The van der Waals surface area contributed by atoms with Crippen LogP contribution in [-0.2, 0) is 0 Å². The lowest BCUT2D eigenvalue weighted by Crippen LogP contribution is -2.13. The molecule has 1 aliphatic heterocycles. The van der Waals surface area contributed by atoms with Crippen LogP contribution < -0.4 is 10.1 Å². The van der Waals surface area contributed by atoms with Crippen LogP contribution in [0.15, 0.2) is 18.2 Å². The van der Waals surface area contributed by atoms with Crippen molar-refractivity contribution >= 4 is 11.6 Å². The molecular formula is C12H16ClNO. The molecule has 82 valence electrons. The molecule has 3 heteroatoms. The maximum atomic E-state index is 6.22. The van der Waals surface area contributed by atoms with E-state index in [1.54, 1.807) is 7.11 Å². The van der Waals surface area contributed by atoms with Crippen LogP contribution in [0.4, 0.5) is 0 Å². The molecule has 0 radical (unpaired) electrons. The highest BCUT2D eigenvalue weighted by molar-refractivity contribution is 6.31. The molecule has 1 aromatic rings. The van der Waals surface area contributed by atoms with Gasteiger partial charge < -0.3 is 10.1 Å². The summed E-state index contributed by atoms with van der Waals surface area (Å²) in [6.45, 7) is 3.33. The third kappa shape index (κ3) is 2.27. The molecular weight excluding hydrogens is 210 g/mol. The van der Waals surface area contributed by atoms with Gasteiger partial charge in [-0.15, -0.1) is 0 Å². The zero-order valence-electron chi connectivity index (χ0n) is 9.09. The Hall–Kier alpha value is -0.730. The Labute approximate surface area is 95.6 Å². The summed E-state index contributed by atoms with van der Waals surface area (Å²) < 4.78 is 5.13. The largest absolute Gasteiger partial charge is 0.497 e. The topological polar surface area (TPSA) is 21.3 Å². The first-order valence-electron chi connectivity index (χ1n) is 5.27. The van der Waals surface area contributed by atoms with E-state index in [1.807, 2.05) is 12.1 Å². The average Bonchev–Trinajstić information content (AvgIpc) is 2.64. The van der Waals surface area contributed by atoms with Crippen molar-refractivity contribution in [3.05, 3.63) is 28.8 Å². The maximum absolute atomic E-state index is 6.22. The van der Waals surface area contributed by atoms with E-state index >= 15 is 0 Å². The summed E-state index contributed by atoms with van der Waals surface area (Å²) in [7, 11) is 1.65. The lowest BCUT2D eigenvalue weighted by atomic mass is 10.0. The Morgan fingerprint density at radius 3 is 2.80 bits per heavy atom. The molecule has 1 aromatic carbocycles. The van der Waals surface area contributed by atoms with E-state index in [2.05, 4.69) is 18.3 Å². The normalized spacial score (nSPS) is 25.5. The van der Waals surface area contributed by atoms with Crippen molar-refractivity contribution in [1.82, 2.24) is 5.32 Å². The van der Waals surface area contributed by atoms with Gasteiger partial charge in [-0.25, -0.2) is 0 Å². The third-order valence-corrected chi connectivity index (χ3v) is 3.26. The molecule has 1 fully saturated rings. The van der Waals surface area contributed by atoms with Gasteiger partial charge in [0.15, 0.2) is 0 Å². The van der Waals surface area contributed by atoms with Gasteiger partial charge in [-0.3, -0.25) is 0 Å². The first-order valence-corrected chi connectivity index (χ1v) is 5.65. The summed E-state index contributed by atoms with van der Waals surface area (Å²) in [5, 5.41) is 4.27. The van der Waals surface area contributed by atoms with Crippen LogP contribution in [0, 0.1) is 5.92 Å². The van der Waals surface area contributed by atoms with Gasteiger partial charge in [0.1, 0.15) is 5.75 Å². The highest BCUT2D eigenvalue weighted by Crippen LogP contribution is 2.33. The predicted octanol–water partition coefficient (Wildman–Crippen LogP) is 3.02. The smallest absolute Gasteiger partial charge is 0.120 e. The minimum atomic E-state index is 0.401. The fourth-order valence-electron chi connectivity index (χ4n) is 2.07. The Bertz CT molecular complexity index is 353. The quantitative estimate of drug-likeness (QED) is 0.836. The molecule has 0 amide bonds. The number of hydrogen-bond acceptors (Lipinski definition) is 2. The molecule has 0 saturated carbocycles. The Kier molecular flexibility index (Phi) is 3.17. The number of ether oxygens (including phenoxy) is 1. The Morgan fingerprint density at radius 2 is 2.27 bits per heavy atom. The zero-order valence-corrected chi connectivity index (χ0v) is 9.84. The summed E-state index contributed by atoms with van der Waals surface area (Å²) in [5.74, 6) is 1.54. The van der Waals surface area contributed by atoms with Gasteiger partial charge in [0.05, 0.1) is 7.11 Å². The summed E-state index contributed by atoms with van der Waals surface area (Å²) in [6, 6.07) is 6.29. The van der Waals surface area contributed by atoms with E-state index in [-0.39, 0.29) is 0 Å². The minimum absolute atomic E-state index is 0.401. The van der Waals surface area contributed by atoms with Crippen molar-refractivity contribution in [2.75, 3.05) is 13.7 Å². The maximum Gasteiger partial charge on any atom is 0.120 e. The van der Waals surface area contributed by atoms with E-state index in [1.165, 1.54) is 5.56 Å². The van der Waals surface area contributed by atoms with Crippen LogP contribution in [0.5, 0.6) is 5.75 Å². The molecule has 0 unspecified atom stereocenters. The second kappa shape index (κ2) is 4.42. The average molecular weight is 226 g/mol.